The molecule has 0 amide bonds. The first-order chi connectivity index (χ1) is 7.99. The Morgan fingerprint density at radius 1 is 1.47 bits per heavy atom. The van der Waals surface area contributed by atoms with E-state index in [4.69, 9.17) is 0 Å². The van der Waals surface area contributed by atoms with E-state index in [2.05, 4.69) is 10.0 Å². The lowest BCUT2D eigenvalue weighted by Crippen LogP contribution is -2.51. The Hall–Kier alpha value is -0.430. The van der Waals surface area contributed by atoms with Gasteiger partial charge in [-0.25, -0.2) is 13.1 Å². The van der Waals surface area contributed by atoms with Crippen molar-refractivity contribution < 1.29 is 8.42 Å². The Morgan fingerprint density at radius 2 is 2.24 bits per heavy atom. The minimum absolute atomic E-state index is 0.00356. The maximum absolute atomic E-state index is 12.1. The topological polar surface area (TPSA) is 58.2 Å². The van der Waals surface area contributed by atoms with Crippen LogP contribution in [0.4, 0.5) is 0 Å². The average molecular weight is 274 g/mol. The first-order valence-electron chi connectivity index (χ1n) is 5.81. The molecule has 2 N–H and O–H groups in total. The van der Waals surface area contributed by atoms with Gasteiger partial charge in [-0.3, -0.25) is 0 Å². The Morgan fingerprint density at radius 3 is 2.82 bits per heavy atom. The molecule has 0 radical (unpaired) electrons. The van der Waals surface area contributed by atoms with Crippen molar-refractivity contribution in [2.45, 2.75) is 43.0 Å². The molecule has 2 heterocycles. The summed E-state index contributed by atoms with van der Waals surface area (Å²) in [5, 5.41) is 3.29. The molecular weight excluding hydrogens is 256 g/mol. The van der Waals surface area contributed by atoms with Crippen LogP contribution in [0.1, 0.15) is 24.6 Å². The van der Waals surface area contributed by atoms with Crippen LogP contribution in [0.25, 0.3) is 0 Å². The predicted octanol–water partition coefficient (Wildman–Crippen LogP) is 1.48. The standard InChI is InChI=1S/C11H18N2O2S2/c1-8-5-6-11(16-8)17(14,15)13-10-4-3-7-12-9(10)2/h5-6,9-10,12-13H,3-4,7H2,1-2H3. The highest BCUT2D eigenvalue weighted by molar-refractivity contribution is 7.91. The number of sulfonamides is 1. The van der Waals surface area contributed by atoms with Gasteiger partial charge in [0.05, 0.1) is 0 Å². The number of thiophene rings is 1. The Labute approximate surface area is 106 Å². The molecule has 0 aliphatic carbocycles. The van der Waals surface area contributed by atoms with Gasteiger partial charge in [-0.15, -0.1) is 11.3 Å². The van der Waals surface area contributed by atoms with Crippen molar-refractivity contribution in [3.05, 3.63) is 17.0 Å². The van der Waals surface area contributed by atoms with Crippen LogP contribution < -0.4 is 10.0 Å². The molecule has 0 spiro atoms. The fourth-order valence-corrected chi connectivity index (χ4v) is 4.67. The number of hydrogen-bond acceptors (Lipinski definition) is 4. The first-order valence-corrected chi connectivity index (χ1v) is 8.11. The first kappa shape index (κ1) is 13.0. The molecular formula is C11H18N2O2S2. The molecule has 2 unspecified atom stereocenters. The zero-order valence-electron chi connectivity index (χ0n) is 10.1. The number of nitrogens with one attached hydrogen (secondary N) is 2. The fourth-order valence-electron chi connectivity index (χ4n) is 2.02. The number of hydrogen-bond donors (Lipinski definition) is 2. The van der Waals surface area contributed by atoms with Gasteiger partial charge >= 0.3 is 0 Å². The van der Waals surface area contributed by atoms with Crippen LogP contribution in [-0.2, 0) is 10.0 Å². The van der Waals surface area contributed by atoms with E-state index < -0.39 is 10.0 Å². The van der Waals surface area contributed by atoms with Crippen LogP contribution in [0.5, 0.6) is 0 Å². The minimum Gasteiger partial charge on any atom is -0.313 e. The molecule has 1 aliphatic heterocycles. The van der Waals surface area contributed by atoms with Crippen molar-refractivity contribution >= 4 is 21.4 Å². The minimum atomic E-state index is -3.34. The summed E-state index contributed by atoms with van der Waals surface area (Å²) in [6, 6.07) is 3.70. The van der Waals surface area contributed by atoms with Gasteiger partial charge in [0.2, 0.25) is 10.0 Å². The summed E-state index contributed by atoms with van der Waals surface area (Å²) in [4.78, 5) is 1.01. The van der Waals surface area contributed by atoms with Crippen LogP contribution >= 0.6 is 11.3 Å². The van der Waals surface area contributed by atoms with Gasteiger partial charge in [0, 0.05) is 17.0 Å². The third-order valence-corrected chi connectivity index (χ3v) is 6.03. The van der Waals surface area contributed by atoms with E-state index in [9.17, 15) is 8.42 Å². The highest BCUT2D eigenvalue weighted by Gasteiger charge is 2.27. The normalized spacial score (nSPS) is 26.0. The third-order valence-electron chi connectivity index (χ3n) is 3.05. The van der Waals surface area contributed by atoms with Gasteiger partial charge in [-0.2, -0.15) is 0 Å². The van der Waals surface area contributed by atoms with Crippen LogP contribution in [0.3, 0.4) is 0 Å². The van der Waals surface area contributed by atoms with Gasteiger partial charge in [0.15, 0.2) is 0 Å². The molecule has 96 valence electrons. The van der Waals surface area contributed by atoms with Crippen molar-refractivity contribution in [1.82, 2.24) is 10.0 Å². The molecule has 2 atom stereocenters. The molecule has 1 aromatic heterocycles. The Kier molecular flexibility index (Phi) is 3.87. The van der Waals surface area contributed by atoms with E-state index in [0.29, 0.717) is 4.21 Å². The predicted molar refractivity (Wildman–Crippen MR) is 69.9 cm³/mol. The summed E-state index contributed by atoms with van der Waals surface area (Å²) in [7, 11) is -3.34. The van der Waals surface area contributed by atoms with Crippen molar-refractivity contribution in [2.75, 3.05) is 6.54 Å². The molecule has 1 aliphatic rings. The number of piperidine rings is 1. The summed E-state index contributed by atoms with van der Waals surface area (Å²) in [6.45, 7) is 4.90. The van der Waals surface area contributed by atoms with Crippen molar-refractivity contribution in [1.29, 1.82) is 0 Å². The maximum Gasteiger partial charge on any atom is 0.250 e. The molecule has 1 saturated heterocycles. The van der Waals surface area contributed by atoms with Gasteiger partial charge in [0.25, 0.3) is 0 Å². The monoisotopic (exact) mass is 274 g/mol. The number of aryl methyl sites for hydroxylation is 1. The largest absolute Gasteiger partial charge is 0.313 e. The second kappa shape index (κ2) is 5.06. The van der Waals surface area contributed by atoms with E-state index in [0.717, 1.165) is 24.3 Å². The molecule has 2 rings (SSSR count). The summed E-state index contributed by atoms with van der Waals surface area (Å²) >= 11 is 1.31. The van der Waals surface area contributed by atoms with Crippen LogP contribution in [0, 0.1) is 6.92 Å². The molecule has 6 heteroatoms. The van der Waals surface area contributed by atoms with Gasteiger partial charge in [-0.05, 0) is 45.4 Å². The van der Waals surface area contributed by atoms with Crippen LogP contribution in [0.2, 0.25) is 0 Å². The van der Waals surface area contributed by atoms with Crippen LogP contribution in [-0.4, -0.2) is 27.0 Å². The molecule has 4 nitrogen and oxygen atoms in total. The van der Waals surface area contributed by atoms with Crippen molar-refractivity contribution in [2.24, 2.45) is 0 Å². The van der Waals surface area contributed by atoms with Gasteiger partial charge < -0.3 is 5.32 Å². The van der Waals surface area contributed by atoms with E-state index >= 15 is 0 Å². The van der Waals surface area contributed by atoms with E-state index in [1.165, 1.54) is 11.3 Å². The average Bonchev–Trinajstić information content (AvgIpc) is 2.69. The van der Waals surface area contributed by atoms with Crippen LogP contribution in [0.15, 0.2) is 16.3 Å². The zero-order chi connectivity index (χ0) is 12.5. The lowest BCUT2D eigenvalue weighted by molar-refractivity contribution is 0.349. The highest BCUT2D eigenvalue weighted by Crippen LogP contribution is 2.21. The number of rotatable bonds is 3. The van der Waals surface area contributed by atoms with Gasteiger partial charge in [-0.1, -0.05) is 0 Å². The molecule has 1 fully saturated rings. The summed E-state index contributed by atoms with van der Waals surface area (Å²) in [5.74, 6) is 0. The van der Waals surface area contributed by atoms with Gasteiger partial charge in [0.1, 0.15) is 4.21 Å². The maximum atomic E-state index is 12.1. The summed E-state index contributed by atoms with van der Waals surface area (Å²) < 4.78 is 27.5. The lowest BCUT2D eigenvalue weighted by atomic mass is 10.0. The second-order valence-electron chi connectivity index (χ2n) is 4.48. The third kappa shape index (κ3) is 3.07. The molecule has 17 heavy (non-hydrogen) atoms. The van der Waals surface area contributed by atoms with Crippen molar-refractivity contribution in [3.63, 3.8) is 0 Å². The quantitative estimate of drug-likeness (QED) is 0.877. The van der Waals surface area contributed by atoms with E-state index in [-0.39, 0.29) is 12.1 Å². The molecule has 0 aromatic carbocycles. The smallest absolute Gasteiger partial charge is 0.250 e. The Balaban J connectivity index is 2.11. The van der Waals surface area contributed by atoms with Crippen molar-refractivity contribution in [3.8, 4) is 0 Å². The molecule has 0 saturated carbocycles. The van der Waals surface area contributed by atoms with E-state index in [1.54, 1.807) is 6.07 Å². The summed E-state index contributed by atoms with van der Waals surface area (Å²) in [6.07, 6.45) is 1.92. The fraction of sp³-hybridized carbons (Fsp3) is 0.636. The lowest BCUT2D eigenvalue weighted by Gasteiger charge is -2.30. The highest BCUT2D eigenvalue weighted by atomic mass is 32.2. The SMILES string of the molecule is Cc1ccc(S(=O)(=O)NC2CCCNC2C)s1. The molecule has 1 aromatic rings. The van der Waals surface area contributed by atoms with E-state index in [1.807, 2.05) is 19.9 Å². The summed E-state index contributed by atoms with van der Waals surface area (Å²) in [5.41, 5.74) is 0. The molecule has 0 bridgehead atoms. The zero-order valence-corrected chi connectivity index (χ0v) is 11.7. The second-order valence-corrected chi connectivity index (χ2v) is 7.71. The Bertz CT molecular complexity index is 481.